The van der Waals surface area contributed by atoms with E-state index in [1.54, 1.807) is 0 Å². The van der Waals surface area contributed by atoms with Crippen molar-refractivity contribution in [2.45, 2.75) is 130 Å². The number of hydrogen-bond acceptors (Lipinski definition) is 6. The molecule has 10 aromatic carbocycles. The van der Waals surface area contributed by atoms with Gasteiger partial charge in [-0.15, -0.1) is 0 Å². The van der Waals surface area contributed by atoms with Crippen LogP contribution in [0.3, 0.4) is 0 Å². The first-order valence-corrected chi connectivity index (χ1v) is 35.3. The first-order chi connectivity index (χ1) is 44.8. The molecule has 0 radical (unpaired) electrons. The number of ether oxygens (including phenoxy) is 2. The fourth-order valence-electron chi connectivity index (χ4n) is 12.4. The second kappa shape index (κ2) is 27.6. The highest BCUT2D eigenvalue weighted by Gasteiger charge is 2.31. The van der Waals surface area contributed by atoms with Crippen molar-refractivity contribution < 1.29 is 29.3 Å². The van der Waals surface area contributed by atoms with Crippen LogP contribution in [0, 0.1) is 0 Å². The van der Waals surface area contributed by atoms with Gasteiger partial charge in [0.05, 0.1) is 0 Å². The van der Waals surface area contributed by atoms with E-state index in [0.717, 1.165) is 76.3 Å². The minimum atomic E-state index is -1.05. The van der Waals surface area contributed by atoms with Gasteiger partial charge in [0, 0.05) is 47.7 Å². The van der Waals surface area contributed by atoms with Gasteiger partial charge >= 0.3 is 0 Å². The van der Waals surface area contributed by atoms with Gasteiger partial charge in [-0.25, -0.2) is 0 Å². The van der Waals surface area contributed by atoms with Crippen LogP contribution >= 0.6 is 15.8 Å². The molecule has 0 atom stereocenters. The minimum absolute atomic E-state index is 0.144. The molecule has 0 unspecified atom stereocenters. The molecule has 0 saturated carbocycles. The number of carbonyl (C=O) groups is 2. The lowest BCUT2D eigenvalue weighted by molar-refractivity contribution is -0.118. The smallest absolute Gasteiger partial charge is 0.262 e. The third-order valence-corrected chi connectivity index (χ3v) is 22.6. The summed E-state index contributed by atoms with van der Waals surface area (Å²) in [6.45, 7) is 25.6. The summed E-state index contributed by atoms with van der Waals surface area (Å²) in [7, 11) is -2.09. The van der Waals surface area contributed by atoms with Crippen LogP contribution in [0.25, 0.3) is 0 Å². The van der Waals surface area contributed by atoms with Crippen molar-refractivity contribution in [3.8, 4) is 23.0 Å². The Morgan fingerprint density at radius 3 is 0.809 bits per heavy atom. The molecule has 8 nitrogen and oxygen atoms in total. The number of fused-ring (bicyclic) bond motifs is 8. The lowest BCUT2D eigenvalue weighted by Crippen LogP contribution is -2.27. The molecule has 10 heteroatoms. The molecule has 1 aliphatic rings. The molecule has 94 heavy (non-hydrogen) atoms. The van der Waals surface area contributed by atoms with E-state index in [0.29, 0.717) is 45.1 Å². The number of hydrogen-bond donors (Lipinski definition) is 4. The molecule has 2 amide bonds. The maximum atomic E-state index is 14.8. The van der Waals surface area contributed by atoms with Gasteiger partial charge in [-0.2, -0.15) is 0 Å². The summed E-state index contributed by atoms with van der Waals surface area (Å²) < 4.78 is 14.0. The summed E-state index contributed by atoms with van der Waals surface area (Å²) in [5, 5.41) is 39.5. The number of phenolic OH excluding ortho intramolecular Hbond substituents is 2. The lowest BCUT2D eigenvalue weighted by Gasteiger charge is -2.28. The molecule has 480 valence electrons. The van der Waals surface area contributed by atoms with E-state index >= 15 is 0 Å². The number of aromatic hydroxyl groups is 2. The van der Waals surface area contributed by atoms with Gasteiger partial charge in [0.15, 0.2) is 13.2 Å². The Bertz CT molecular complexity index is 3910. The van der Waals surface area contributed by atoms with E-state index in [-0.39, 0.29) is 83.9 Å². The van der Waals surface area contributed by atoms with Crippen LogP contribution in [0.2, 0.25) is 0 Å². The Morgan fingerprint density at radius 2 is 0.564 bits per heavy atom. The van der Waals surface area contributed by atoms with Crippen LogP contribution in [0.15, 0.2) is 218 Å². The molecule has 0 spiro atoms. The monoisotopic (exact) mass is 1280 g/mol. The maximum Gasteiger partial charge on any atom is 0.262 e. The number of nitrogens with one attached hydrogen (secondary N) is 2. The molecular weight excluding hydrogens is 1190 g/mol. The van der Waals surface area contributed by atoms with Crippen LogP contribution in [0.1, 0.15) is 150 Å². The van der Waals surface area contributed by atoms with Crippen LogP contribution < -0.4 is 51.9 Å². The summed E-state index contributed by atoms with van der Waals surface area (Å²) in [5.74, 6) is 0.697. The van der Waals surface area contributed by atoms with Crippen LogP contribution in [-0.4, -0.2) is 35.2 Å². The predicted octanol–water partition coefficient (Wildman–Crippen LogP) is 16.5. The molecule has 10 aromatic rings. The Morgan fingerprint density at radius 1 is 0.340 bits per heavy atom. The SMILES string of the molecule is CC(C)(C)c1cc2c(O)c(c1)Cc1cc(C(C)(C)C)cc(c1OCC(=O)Nc1ccccc1P(c1ccccc1)c1ccccc1)Cc1cc(C(C)(C)C)cc(c1O)Cc1cc(C(C)(C)C)cc(c1OCC(=O)Nc1ccccc1P(c1ccccc1)c1ccccc1)C2. The summed E-state index contributed by atoms with van der Waals surface area (Å²) >= 11 is 0. The van der Waals surface area contributed by atoms with E-state index < -0.39 is 15.8 Å². The molecule has 8 bridgehead atoms. The van der Waals surface area contributed by atoms with Crippen LogP contribution in [0.5, 0.6) is 23.0 Å². The van der Waals surface area contributed by atoms with Crippen molar-refractivity contribution in [3.05, 3.63) is 285 Å². The van der Waals surface area contributed by atoms with Gasteiger partial charge in [0.2, 0.25) is 0 Å². The standard InChI is InChI=1S/C84H88N2O6P2/c1-81(2,3)63-45-55-41-59-49-65(83(7,8)9)51-61(79(59)91-53-75(87)85-71-37-25-27-39-73(71)93(67-29-17-13-18-30-67)68-31-19-14-20-32-68)43-57-47-64(82(4,5)6)48-58(78(57)90)44-62-52-66(84(10,11)12)50-60(42-56(46-63)77(55)89)80(62)92-54-76(88)86-72-38-26-28-40-74(72)94(69-33-21-15-22-34-69)70-35-23-16-24-36-70/h13-40,45-52,89-90H,41-44,53-54H2,1-12H3,(H,85,87)(H,86,88). The fourth-order valence-corrected chi connectivity index (χ4v) is 17.2. The first kappa shape index (κ1) is 66.6. The van der Waals surface area contributed by atoms with Crippen molar-refractivity contribution in [1.29, 1.82) is 0 Å². The molecule has 0 aromatic heterocycles. The molecule has 0 saturated heterocycles. The van der Waals surface area contributed by atoms with Gasteiger partial charge in [-0.05, 0) is 138 Å². The van der Waals surface area contributed by atoms with Crippen molar-refractivity contribution >= 4 is 70.9 Å². The Kier molecular flexibility index (Phi) is 19.6. The molecular formula is C84H88N2O6P2. The number of para-hydroxylation sites is 2. The summed E-state index contributed by atoms with van der Waals surface area (Å²) in [4.78, 5) is 29.6. The van der Waals surface area contributed by atoms with Crippen molar-refractivity contribution in [1.82, 2.24) is 0 Å². The summed E-state index contributed by atoms with van der Waals surface area (Å²) in [6, 6.07) is 75.0. The highest BCUT2D eigenvalue weighted by Crippen LogP contribution is 2.45. The number of benzene rings is 10. The van der Waals surface area contributed by atoms with E-state index in [1.165, 1.54) is 0 Å². The topological polar surface area (TPSA) is 117 Å². The average Bonchev–Trinajstić information content (AvgIpc) is 0.776. The fraction of sp³-hybridized carbons (Fsp3) is 0.262. The van der Waals surface area contributed by atoms with E-state index in [1.807, 2.05) is 60.7 Å². The highest BCUT2D eigenvalue weighted by molar-refractivity contribution is 7.80. The summed E-state index contributed by atoms with van der Waals surface area (Å²) in [5.41, 5.74) is 10.2. The van der Waals surface area contributed by atoms with Gasteiger partial charge in [-0.1, -0.05) is 289 Å². The largest absolute Gasteiger partial charge is 0.507 e. The van der Waals surface area contributed by atoms with Gasteiger partial charge in [0.1, 0.15) is 23.0 Å². The first-order valence-electron chi connectivity index (χ1n) is 32.6. The Balaban J connectivity index is 1.03. The van der Waals surface area contributed by atoms with E-state index in [9.17, 15) is 19.8 Å². The number of carbonyl (C=O) groups excluding carboxylic acids is 2. The van der Waals surface area contributed by atoms with Gasteiger partial charge < -0.3 is 30.3 Å². The summed E-state index contributed by atoms with van der Waals surface area (Å²) in [6.07, 6.45) is 1.02. The zero-order chi connectivity index (χ0) is 66.7. The Labute approximate surface area is 559 Å². The third kappa shape index (κ3) is 15.4. The molecule has 0 fully saturated rings. The van der Waals surface area contributed by atoms with Crippen molar-refractivity contribution in [2.75, 3.05) is 23.8 Å². The normalized spacial score (nSPS) is 12.7. The van der Waals surface area contributed by atoms with Gasteiger partial charge in [-0.3, -0.25) is 9.59 Å². The number of amides is 2. The highest BCUT2D eigenvalue weighted by atomic mass is 31.1. The van der Waals surface area contributed by atoms with Crippen LogP contribution in [0.4, 0.5) is 11.4 Å². The predicted molar refractivity (Wildman–Crippen MR) is 394 cm³/mol. The van der Waals surface area contributed by atoms with E-state index in [4.69, 9.17) is 9.47 Å². The third-order valence-electron chi connectivity index (χ3n) is 17.6. The molecule has 0 heterocycles. The Hall–Kier alpha value is -8.80. The molecule has 1 aliphatic carbocycles. The number of rotatable bonds is 14. The number of phenols is 2. The lowest BCUT2D eigenvalue weighted by atomic mass is 9.79. The quantitative estimate of drug-likeness (QED) is 0.0806. The zero-order valence-electron chi connectivity index (χ0n) is 56.4. The second-order valence-corrected chi connectivity index (χ2v) is 33.3. The molecule has 11 rings (SSSR count). The van der Waals surface area contributed by atoms with Crippen molar-refractivity contribution in [2.24, 2.45) is 0 Å². The number of anilines is 2. The average molecular weight is 1280 g/mol. The van der Waals surface area contributed by atoms with Crippen LogP contribution in [-0.2, 0) is 56.9 Å². The molecule has 4 N–H and O–H groups in total. The van der Waals surface area contributed by atoms with Crippen molar-refractivity contribution in [3.63, 3.8) is 0 Å². The second-order valence-electron chi connectivity index (χ2n) is 29.0. The molecule has 0 aliphatic heterocycles. The van der Waals surface area contributed by atoms with E-state index in [2.05, 4.69) is 251 Å². The maximum absolute atomic E-state index is 14.8. The minimum Gasteiger partial charge on any atom is -0.507 e. The zero-order valence-corrected chi connectivity index (χ0v) is 58.2. The van der Waals surface area contributed by atoms with Gasteiger partial charge in [0.25, 0.3) is 11.8 Å².